The fourth-order valence-electron chi connectivity index (χ4n) is 3.73. The summed E-state index contributed by atoms with van der Waals surface area (Å²) in [5, 5.41) is 2.70. The molecule has 0 fully saturated rings. The predicted molar refractivity (Wildman–Crippen MR) is 108 cm³/mol. The first-order chi connectivity index (χ1) is 14.1. The Balaban J connectivity index is 1.76. The van der Waals surface area contributed by atoms with Gasteiger partial charge in [0.2, 0.25) is 0 Å². The van der Waals surface area contributed by atoms with Crippen molar-refractivity contribution in [1.29, 1.82) is 0 Å². The zero-order valence-electron chi connectivity index (χ0n) is 16.3. The predicted octanol–water partition coefficient (Wildman–Crippen LogP) is 4.28. The number of urea groups is 1. The highest BCUT2D eigenvalue weighted by molar-refractivity contribution is 5.90. The number of benzene rings is 2. The van der Waals surface area contributed by atoms with Crippen LogP contribution in [0.1, 0.15) is 17.3 Å². The van der Waals surface area contributed by atoms with Gasteiger partial charge in [0.15, 0.2) is 0 Å². The second kappa shape index (κ2) is 7.87. The average molecular weight is 395 g/mol. The topological polar surface area (TPSA) is 55.7 Å². The molecule has 1 unspecified atom stereocenters. The van der Waals surface area contributed by atoms with Crippen molar-refractivity contribution in [3.8, 4) is 11.5 Å². The van der Waals surface area contributed by atoms with Crippen molar-refractivity contribution in [2.24, 2.45) is 0 Å². The SMILES string of the molecule is COc1ccc(OC)c(C2c3cccn3CCN2C(=O)Nc2ccccc2F)c1. The highest BCUT2D eigenvalue weighted by atomic mass is 19.1. The number of carbonyl (C=O) groups excluding carboxylic acids is 1. The lowest BCUT2D eigenvalue weighted by Gasteiger charge is -2.37. The van der Waals surface area contributed by atoms with Crippen LogP contribution in [0.25, 0.3) is 0 Å². The fourth-order valence-corrected chi connectivity index (χ4v) is 3.73. The molecule has 2 amide bonds. The number of amides is 2. The van der Waals surface area contributed by atoms with Gasteiger partial charge in [-0.15, -0.1) is 0 Å². The van der Waals surface area contributed by atoms with Gasteiger partial charge in [0.1, 0.15) is 23.4 Å². The van der Waals surface area contributed by atoms with Gasteiger partial charge in [0, 0.05) is 30.5 Å². The molecule has 3 aromatic rings. The average Bonchev–Trinajstić information content (AvgIpc) is 3.23. The van der Waals surface area contributed by atoms with Crippen LogP contribution in [0.15, 0.2) is 60.8 Å². The highest BCUT2D eigenvalue weighted by Gasteiger charge is 2.34. The van der Waals surface area contributed by atoms with Gasteiger partial charge in [-0.1, -0.05) is 12.1 Å². The molecular formula is C22H22FN3O3. The monoisotopic (exact) mass is 395 g/mol. The molecule has 1 aromatic heterocycles. The maximum Gasteiger partial charge on any atom is 0.322 e. The number of rotatable bonds is 4. The Bertz CT molecular complexity index is 1030. The van der Waals surface area contributed by atoms with Crippen LogP contribution in [0.5, 0.6) is 11.5 Å². The minimum Gasteiger partial charge on any atom is -0.497 e. The van der Waals surface area contributed by atoms with E-state index in [4.69, 9.17) is 9.47 Å². The van der Waals surface area contributed by atoms with Crippen LogP contribution >= 0.6 is 0 Å². The van der Waals surface area contributed by atoms with Crippen LogP contribution in [0.2, 0.25) is 0 Å². The van der Waals surface area contributed by atoms with Crippen LogP contribution < -0.4 is 14.8 Å². The molecule has 6 nitrogen and oxygen atoms in total. The first-order valence-corrected chi connectivity index (χ1v) is 9.31. The molecule has 0 aliphatic carbocycles. The first-order valence-electron chi connectivity index (χ1n) is 9.31. The largest absolute Gasteiger partial charge is 0.497 e. The first kappa shape index (κ1) is 18.9. The summed E-state index contributed by atoms with van der Waals surface area (Å²) in [5.41, 5.74) is 1.90. The summed E-state index contributed by atoms with van der Waals surface area (Å²) in [7, 11) is 3.19. The Kier molecular flexibility index (Phi) is 5.12. The minimum atomic E-state index is -0.475. The number of methoxy groups -OCH3 is 2. The number of ether oxygens (including phenoxy) is 2. The molecule has 2 heterocycles. The molecule has 0 radical (unpaired) electrons. The highest BCUT2D eigenvalue weighted by Crippen LogP contribution is 2.39. The van der Waals surface area contributed by atoms with E-state index in [0.29, 0.717) is 24.6 Å². The van der Waals surface area contributed by atoms with Crippen molar-refractivity contribution in [2.75, 3.05) is 26.1 Å². The van der Waals surface area contributed by atoms with Crippen molar-refractivity contribution in [1.82, 2.24) is 9.47 Å². The lowest BCUT2D eigenvalue weighted by Crippen LogP contribution is -2.44. The zero-order chi connectivity index (χ0) is 20.4. The minimum absolute atomic E-state index is 0.148. The van der Waals surface area contributed by atoms with E-state index in [9.17, 15) is 9.18 Å². The van der Waals surface area contributed by atoms with Gasteiger partial charge in [-0.25, -0.2) is 9.18 Å². The van der Waals surface area contributed by atoms with E-state index in [2.05, 4.69) is 9.88 Å². The van der Waals surface area contributed by atoms with Crippen LogP contribution in [0.3, 0.4) is 0 Å². The van der Waals surface area contributed by atoms with E-state index in [1.165, 1.54) is 6.07 Å². The number of halogens is 1. The maximum absolute atomic E-state index is 14.1. The normalized spacial score (nSPS) is 15.6. The lowest BCUT2D eigenvalue weighted by molar-refractivity contribution is 0.180. The van der Waals surface area contributed by atoms with Gasteiger partial charge in [-0.2, -0.15) is 0 Å². The summed E-state index contributed by atoms with van der Waals surface area (Å²) in [6, 6.07) is 14.8. The Hall–Kier alpha value is -3.48. The van der Waals surface area contributed by atoms with Gasteiger partial charge in [0.05, 0.1) is 19.9 Å². The van der Waals surface area contributed by atoms with Gasteiger partial charge in [0.25, 0.3) is 0 Å². The molecule has 29 heavy (non-hydrogen) atoms. The number of nitrogens with zero attached hydrogens (tertiary/aromatic N) is 2. The molecule has 2 aromatic carbocycles. The molecule has 0 saturated carbocycles. The summed E-state index contributed by atoms with van der Waals surface area (Å²) >= 11 is 0. The van der Waals surface area contributed by atoms with E-state index in [1.807, 2.05) is 36.5 Å². The summed E-state index contributed by atoms with van der Waals surface area (Å²) in [5.74, 6) is 0.838. The molecule has 1 aliphatic heterocycles. The molecule has 1 aliphatic rings. The van der Waals surface area contributed by atoms with Crippen molar-refractivity contribution in [2.45, 2.75) is 12.6 Å². The molecule has 4 rings (SSSR count). The number of anilines is 1. The van der Waals surface area contributed by atoms with E-state index in [0.717, 1.165) is 11.3 Å². The summed E-state index contributed by atoms with van der Waals surface area (Å²) in [6.45, 7) is 1.11. The van der Waals surface area contributed by atoms with Crippen molar-refractivity contribution < 1.29 is 18.7 Å². The number of fused-ring (bicyclic) bond motifs is 1. The van der Waals surface area contributed by atoms with Crippen LogP contribution in [0, 0.1) is 5.82 Å². The number of hydrogen-bond acceptors (Lipinski definition) is 3. The molecule has 7 heteroatoms. The van der Waals surface area contributed by atoms with Crippen LogP contribution in [0.4, 0.5) is 14.9 Å². The van der Waals surface area contributed by atoms with Crippen molar-refractivity contribution in [3.05, 3.63) is 77.9 Å². The van der Waals surface area contributed by atoms with E-state index in [1.54, 1.807) is 37.3 Å². The summed E-state index contributed by atoms with van der Waals surface area (Å²) in [6.07, 6.45) is 1.99. The van der Waals surface area contributed by atoms with Crippen LogP contribution in [-0.2, 0) is 6.54 Å². The third-order valence-corrected chi connectivity index (χ3v) is 5.15. The summed E-state index contributed by atoms with van der Waals surface area (Å²) in [4.78, 5) is 14.8. The third-order valence-electron chi connectivity index (χ3n) is 5.15. The molecule has 0 saturated heterocycles. The van der Waals surface area contributed by atoms with Gasteiger partial charge in [-0.3, -0.25) is 0 Å². The number of nitrogens with one attached hydrogen (secondary N) is 1. The summed E-state index contributed by atoms with van der Waals surface area (Å²) < 4.78 is 27.1. The van der Waals surface area contributed by atoms with E-state index >= 15 is 0 Å². The number of hydrogen-bond donors (Lipinski definition) is 1. The molecule has 1 atom stereocenters. The van der Waals surface area contributed by atoms with Gasteiger partial charge in [-0.05, 0) is 42.5 Å². The quantitative estimate of drug-likeness (QED) is 0.717. The molecular weight excluding hydrogens is 373 g/mol. The van der Waals surface area contributed by atoms with Crippen LogP contribution in [-0.4, -0.2) is 36.3 Å². The number of aromatic nitrogens is 1. The molecule has 1 N–H and O–H groups in total. The van der Waals surface area contributed by atoms with E-state index in [-0.39, 0.29) is 11.7 Å². The maximum atomic E-state index is 14.1. The van der Waals surface area contributed by atoms with Crippen molar-refractivity contribution >= 4 is 11.7 Å². The molecule has 0 spiro atoms. The number of para-hydroxylation sites is 1. The van der Waals surface area contributed by atoms with Gasteiger partial charge >= 0.3 is 6.03 Å². The van der Waals surface area contributed by atoms with E-state index < -0.39 is 11.9 Å². The third kappa shape index (κ3) is 3.51. The standard InChI is InChI=1S/C22H22FN3O3/c1-28-15-9-10-20(29-2)16(14-15)21-19-8-5-11-25(19)12-13-26(21)22(27)24-18-7-4-3-6-17(18)23/h3-11,14,21H,12-13H2,1-2H3,(H,24,27). The van der Waals surface area contributed by atoms with Gasteiger partial charge < -0.3 is 24.3 Å². The Morgan fingerprint density at radius 1 is 1.07 bits per heavy atom. The second-order valence-corrected chi connectivity index (χ2v) is 6.74. The second-order valence-electron chi connectivity index (χ2n) is 6.74. The Labute approximate surface area is 168 Å². The Morgan fingerprint density at radius 3 is 2.66 bits per heavy atom. The molecule has 150 valence electrons. The number of carbonyl (C=O) groups is 1. The fraction of sp³-hybridized carbons (Fsp3) is 0.227. The molecule has 0 bridgehead atoms. The Morgan fingerprint density at radius 2 is 1.90 bits per heavy atom. The van der Waals surface area contributed by atoms with Crippen molar-refractivity contribution in [3.63, 3.8) is 0 Å². The zero-order valence-corrected chi connectivity index (χ0v) is 16.3. The lowest BCUT2D eigenvalue weighted by atomic mass is 9.98. The smallest absolute Gasteiger partial charge is 0.322 e.